The SMILES string of the molecule is CCCCCCCCCCNC(=O)NCC[C@H](O)C(=O)O. The highest BCUT2D eigenvalue weighted by molar-refractivity contribution is 5.74. The van der Waals surface area contributed by atoms with Crippen LogP contribution < -0.4 is 10.6 Å². The van der Waals surface area contributed by atoms with Gasteiger partial charge in [-0.1, -0.05) is 51.9 Å². The summed E-state index contributed by atoms with van der Waals surface area (Å²) >= 11 is 0. The lowest BCUT2D eigenvalue weighted by Gasteiger charge is -2.09. The highest BCUT2D eigenvalue weighted by atomic mass is 16.4. The summed E-state index contributed by atoms with van der Waals surface area (Å²) in [6, 6.07) is -0.310. The highest BCUT2D eigenvalue weighted by Crippen LogP contribution is 2.07. The molecule has 0 rings (SSSR count). The quantitative estimate of drug-likeness (QED) is 0.392. The Morgan fingerprint density at radius 3 is 2.00 bits per heavy atom. The molecule has 1 atom stereocenters. The maximum Gasteiger partial charge on any atom is 0.332 e. The topological polar surface area (TPSA) is 98.7 Å². The first kappa shape index (κ1) is 19.7. The molecule has 0 saturated heterocycles. The Morgan fingerprint density at radius 2 is 1.43 bits per heavy atom. The van der Waals surface area contributed by atoms with Gasteiger partial charge in [0, 0.05) is 19.5 Å². The molecule has 6 nitrogen and oxygen atoms in total. The van der Waals surface area contributed by atoms with Gasteiger partial charge in [-0.25, -0.2) is 9.59 Å². The van der Waals surface area contributed by atoms with Crippen LogP contribution in [0, 0.1) is 0 Å². The van der Waals surface area contributed by atoms with E-state index in [1.165, 1.54) is 38.5 Å². The number of hydrogen-bond donors (Lipinski definition) is 4. The molecule has 0 spiro atoms. The van der Waals surface area contributed by atoms with Gasteiger partial charge in [-0.3, -0.25) is 0 Å². The van der Waals surface area contributed by atoms with Gasteiger partial charge in [0.15, 0.2) is 6.10 Å². The number of aliphatic hydroxyl groups is 1. The minimum absolute atomic E-state index is 0.0144. The number of urea groups is 1. The highest BCUT2D eigenvalue weighted by Gasteiger charge is 2.12. The van der Waals surface area contributed by atoms with Crippen molar-refractivity contribution in [2.24, 2.45) is 0 Å². The van der Waals surface area contributed by atoms with Crippen molar-refractivity contribution in [3.8, 4) is 0 Å². The fraction of sp³-hybridized carbons (Fsp3) is 0.867. The van der Waals surface area contributed by atoms with Crippen LogP contribution in [0.2, 0.25) is 0 Å². The summed E-state index contributed by atoms with van der Waals surface area (Å²) in [5, 5.41) is 22.7. The largest absolute Gasteiger partial charge is 0.479 e. The van der Waals surface area contributed by atoms with Gasteiger partial charge in [0.1, 0.15) is 0 Å². The van der Waals surface area contributed by atoms with Gasteiger partial charge in [-0.2, -0.15) is 0 Å². The normalized spacial score (nSPS) is 11.9. The molecule has 6 heteroatoms. The predicted octanol–water partition coefficient (Wildman–Crippen LogP) is 2.26. The van der Waals surface area contributed by atoms with E-state index < -0.39 is 12.1 Å². The number of aliphatic carboxylic acids is 1. The Labute approximate surface area is 127 Å². The molecule has 0 aliphatic heterocycles. The number of carboxylic acids is 1. The van der Waals surface area contributed by atoms with Crippen molar-refractivity contribution in [1.82, 2.24) is 10.6 Å². The maximum absolute atomic E-state index is 11.4. The number of carbonyl (C=O) groups is 2. The Balaban J connectivity index is 3.28. The molecule has 0 bridgehead atoms. The molecule has 0 aliphatic carbocycles. The van der Waals surface area contributed by atoms with E-state index in [9.17, 15) is 9.59 Å². The van der Waals surface area contributed by atoms with E-state index >= 15 is 0 Å². The molecule has 4 N–H and O–H groups in total. The lowest BCUT2D eigenvalue weighted by molar-refractivity contribution is -0.146. The second kappa shape index (κ2) is 13.7. The van der Waals surface area contributed by atoms with Crippen molar-refractivity contribution < 1.29 is 19.8 Å². The summed E-state index contributed by atoms with van der Waals surface area (Å²) < 4.78 is 0. The lowest BCUT2D eigenvalue weighted by Crippen LogP contribution is -2.38. The van der Waals surface area contributed by atoms with Gasteiger partial charge in [0.2, 0.25) is 0 Å². The van der Waals surface area contributed by atoms with Gasteiger partial charge in [0.25, 0.3) is 0 Å². The first-order valence-electron chi connectivity index (χ1n) is 8.00. The van der Waals surface area contributed by atoms with Crippen molar-refractivity contribution in [3.63, 3.8) is 0 Å². The molecule has 0 aromatic carbocycles. The number of amides is 2. The van der Waals surface area contributed by atoms with Crippen molar-refractivity contribution >= 4 is 12.0 Å². The first-order valence-corrected chi connectivity index (χ1v) is 8.00. The second-order valence-corrected chi connectivity index (χ2v) is 5.30. The number of carbonyl (C=O) groups excluding carboxylic acids is 1. The van der Waals surface area contributed by atoms with E-state index in [0.29, 0.717) is 6.54 Å². The van der Waals surface area contributed by atoms with Crippen molar-refractivity contribution in [1.29, 1.82) is 0 Å². The molecular weight excluding hydrogens is 272 g/mol. The smallest absolute Gasteiger partial charge is 0.332 e. The molecule has 0 fully saturated rings. The third kappa shape index (κ3) is 13.4. The third-order valence-corrected chi connectivity index (χ3v) is 3.30. The number of nitrogens with one attached hydrogen (secondary N) is 2. The zero-order valence-electron chi connectivity index (χ0n) is 13.1. The van der Waals surface area contributed by atoms with Crippen LogP contribution >= 0.6 is 0 Å². The Bertz CT molecular complexity index is 285. The maximum atomic E-state index is 11.4. The summed E-state index contributed by atoms with van der Waals surface area (Å²) in [6.45, 7) is 2.98. The average Bonchev–Trinajstić information content (AvgIpc) is 2.45. The van der Waals surface area contributed by atoms with Crippen LogP contribution in [0.5, 0.6) is 0 Å². The average molecular weight is 302 g/mol. The zero-order valence-corrected chi connectivity index (χ0v) is 13.1. The summed E-state index contributed by atoms with van der Waals surface area (Å²) in [6.07, 6.45) is 8.34. The van der Waals surface area contributed by atoms with E-state index in [0.717, 1.165) is 12.8 Å². The van der Waals surface area contributed by atoms with Gasteiger partial charge in [-0.15, -0.1) is 0 Å². The molecule has 0 heterocycles. The molecular formula is C15H30N2O4. The van der Waals surface area contributed by atoms with Crippen LogP contribution in [0.1, 0.15) is 64.7 Å². The lowest BCUT2D eigenvalue weighted by atomic mass is 10.1. The van der Waals surface area contributed by atoms with Crippen LogP contribution in [-0.4, -0.2) is 41.4 Å². The minimum atomic E-state index is -1.42. The van der Waals surface area contributed by atoms with Crippen molar-refractivity contribution in [3.05, 3.63) is 0 Å². The van der Waals surface area contributed by atoms with E-state index in [2.05, 4.69) is 17.6 Å². The summed E-state index contributed by atoms with van der Waals surface area (Å²) in [7, 11) is 0. The van der Waals surface area contributed by atoms with E-state index in [-0.39, 0.29) is 19.0 Å². The molecule has 2 amide bonds. The number of aliphatic hydroxyl groups excluding tert-OH is 1. The van der Waals surface area contributed by atoms with Crippen LogP contribution in [0.4, 0.5) is 4.79 Å². The van der Waals surface area contributed by atoms with Crippen molar-refractivity contribution in [2.75, 3.05) is 13.1 Å². The number of rotatable bonds is 13. The molecule has 0 aliphatic rings. The molecule has 124 valence electrons. The zero-order chi connectivity index (χ0) is 15.9. The second-order valence-electron chi connectivity index (χ2n) is 5.30. The fourth-order valence-electron chi connectivity index (χ4n) is 1.97. The molecule has 0 unspecified atom stereocenters. The van der Waals surface area contributed by atoms with E-state index in [4.69, 9.17) is 10.2 Å². The number of carboxylic acid groups (broad SMARTS) is 1. The van der Waals surface area contributed by atoms with E-state index in [1.54, 1.807) is 0 Å². The Hall–Kier alpha value is -1.30. The minimum Gasteiger partial charge on any atom is -0.479 e. The monoisotopic (exact) mass is 302 g/mol. The Kier molecular flexibility index (Phi) is 12.8. The molecule has 0 radical (unpaired) electrons. The van der Waals surface area contributed by atoms with E-state index in [1.807, 2.05) is 0 Å². The fourth-order valence-corrected chi connectivity index (χ4v) is 1.97. The van der Waals surface area contributed by atoms with Crippen LogP contribution in [0.25, 0.3) is 0 Å². The van der Waals surface area contributed by atoms with Crippen LogP contribution in [0.15, 0.2) is 0 Å². The third-order valence-electron chi connectivity index (χ3n) is 3.30. The molecule has 0 aromatic heterocycles. The molecule has 0 aromatic rings. The Morgan fingerprint density at radius 1 is 0.905 bits per heavy atom. The van der Waals surface area contributed by atoms with Gasteiger partial charge >= 0.3 is 12.0 Å². The molecule has 21 heavy (non-hydrogen) atoms. The van der Waals surface area contributed by atoms with Crippen molar-refractivity contribution in [2.45, 2.75) is 70.8 Å². The van der Waals surface area contributed by atoms with Crippen LogP contribution in [0.3, 0.4) is 0 Å². The first-order chi connectivity index (χ1) is 10.1. The molecule has 0 saturated carbocycles. The van der Waals surface area contributed by atoms with Gasteiger partial charge in [0.05, 0.1) is 0 Å². The number of hydrogen-bond acceptors (Lipinski definition) is 3. The standard InChI is InChI=1S/C15H30N2O4/c1-2-3-4-5-6-7-8-9-11-16-15(21)17-12-10-13(18)14(19)20/h13,18H,2-12H2,1H3,(H,19,20)(H2,16,17,21)/t13-/m0/s1. The van der Waals surface area contributed by atoms with Crippen LogP contribution in [-0.2, 0) is 4.79 Å². The van der Waals surface area contributed by atoms with Gasteiger partial charge < -0.3 is 20.8 Å². The summed E-state index contributed by atoms with van der Waals surface area (Å²) in [5.41, 5.74) is 0. The van der Waals surface area contributed by atoms with Gasteiger partial charge in [-0.05, 0) is 6.42 Å². The predicted molar refractivity (Wildman–Crippen MR) is 82.3 cm³/mol. The summed E-state index contributed by atoms with van der Waals surface area (Å²) in [5.74, 6) is -1.27. The summed E-state index contributed by atoms with van der Waals surface area (Å²) in [4.78, 5) is 21.7. The number of unbranched alkanes of at least 4 members (excludes halogenated alkanes) is 7.